The lowest BCUT2D eigenvalue weighted by atomic mass is 10.1. The van der Waals surface area contributed by atoms with Gasteiger partial charge in [-0.25, -0.2) is 0 Å². The molecule has 1 aromatic rings. The van der Waals surface area contributed by atoms with Gasteiger partial charge in [-0.2, -0.15) is 0 Å². The van der Waals surface area contributed by atoms with Crippen molar-refractivity contribution >= 4 is 0 Å². The number of hydrogen-bond donors (Lipinski definition) is 2. The van der Waals surface area contributed by atoms with E-state index in [9.17, 15) is 0 Å². The van der Waals surface area contributed by atoms with Crippen molar-refractivity contribution in [1.29, 1.82) is 0 Å². The fourth-order valence-electron chi connectivity index (χ4n) is 2.67. The van der Waals surface area contributed by atoms with Gasteiger partial charge in [0.15, 0.2) is 0 Å². The summed E-state index contributed by atoms with van der Waals surface area (Å²) in [6, 6.07) is 7.32. The first kappa shape index (κ1) is 14.5. The zero-order valence-electron chi connectivity index (χ0n) is 12.5. The first-order chi connectivity index (χ1) is 9.15. The third-order valence-electron chi connectivity index (χ3n) is 3.95. The number of nitrogens with one attached hydrogen (secondary N) is 2. The van der Waals surface area contributed by atoms with Gasteiger partial charge in [-0.3, -0.25) is 0 Å². The second-order valence-electron chi connectivity index (χ2n) is 5.81. The van der Waals surface area contributed by atoms with Gasteiger partial charge in [-0.1, -0.05) is 23.8 Å². The molecule has 0 spiro atoms. The van der Waals surface area contributed by atoms with Crippen molar-refractivity contribution in [1.82, 2.24) is 15.5 Å². The number of nitrogens with zero attached hydrogens (tertiary/aromatic N) is 1. The molecule has 19 heavy (non-hydrogen) atoms. The van der Waals surface area contributed by atoms with Crippen LogP contribution in [0.25, 0.3) is 0 Å². The minimum absolute atomic E-state index is 0.643. The molecule has 1 aromatic carbocycles. The summed E-state index contributed by atoms with van der Waals surface area (Å²) in [5.74, 6) is 0. The Bertz CT molecular complexity index is 403. The van der Waals surface area contributed by atoms with Gasteiger partial charge in [0.1, 0.15) is 0 Å². The first-order valence-corrected chi connectivity index (χ1v) is 7.34. The molecule has 2 N–H and O–H groups in total. The van der Waals surface area contributed by atoms with E-state index in [4.69, 9.17) is 0 Å². The largest absolute Gasteiger partial charge is 0.313 e. The Labute approximate surface area is 117 Å². The Morgan fingerprint density at radius 2 is 2.21 bits per heavy atom. The maximum absolute atomic E-state index is 3.59. The molecule has 1 aliphatic heterocycles. The molecule has 0 aromatic heterocycles. The van der Waals surface area contributed by atoms with Crippen LogP contribution < -0.4 is 10.6 Å². The summed E-state index contributed by atoms with van der Waals surface area (Å²) in [5.41, 5.74) is 4.15. The van der Waals surface area contributed by atoms with Gasteiger partial charge in [0.2, 0.25) is 0 Å². The van der Waals surface area contributed by atoms with Gasteiger partial charge in [-0.15, -0.1) is 0 Å². The third-order valence-corrected chi connectivity index (χ3v) is 3.95. The molecule has 3 nitrogen and oxygen atoms in total. The van der Waals surface area contributed by atoms with Crippen LogP contribution in [-0.4, -0.2) is 44.2 Å². The van der Waals surface area contributed by atoms with Crippen LogP contribution in [-0.2, 0) is 6.54 Å². The molecular weight excluding hydrogens is 234 g/mol. The van der Waals surface area contributed by atoms with Gasteiger partial charge >= 0.3 is 0 Å². The second kappa shape index (κ2) is 7.04. The summed E-state index contributed by atoms with van der Waals surface area (Å²) in [7, 11) is 2.21. The maximum atomic E-state index is 3.59. The van der Waals surface area contributed by atoms with Crippen LogP contribution in [0, 0.1) is 13.8 Å². The highest BCUT2D eigenvalue weighted by atomic mass is 15.2. The van der Waals surface area contributed by atoms with Crippen LogP contribution in [0.4, 0.5) is 0 Å². The van der Waals surface area contributed by atoms with Crippen LogP contribution in [0.15, 0.2) is 18.2 Å². The van der Waals surface area contributed by atoms with E-state index in [1.165, 1.54) is 36.2 Å². The van der Waals surface area contributed by atoms with Crippen LogP contribution >= 0.6 is 0 Å². The van der Waals surface area contributed by atoms with E-state index < -0.39 is 0 Å². The minimum Gasteiger partial charge on any atom is -0.313 e. The molecule has 2 rings (SSSR count). The molecule has 1 unspecified atom stereocenters. The second-order valence-corrected chi connectivity index (χ2v) is 5.81. The van der Waals surface area contributed by atoms with Crippen molar-refractivity contribution < 1.29 is 0 Å². The molecule has 1 aliphatic rings. The normalized spacial score (nSPS) is 20.7. The van der Waals surface area contributed by atoms with Gasteiger partial charge in [0.05, 0.1) is 0 Å². The smallest absolute Gasteiger partial charge is 0.0208 e. The van der Waals surface area contributed by atoms with Crippen LogP contribution in [0.1, 0.15) is 23.1 Å². The first-order valence-electron chi connectivity index (χ1n) is 7.34. The lowest BCUT2D eigenvalue weighted by Crippen LogP contribution is -2.49. The number of likely N-dealkylation sites (N-methyl/N-ethyl adjacent to an activating group) is 1. The molecule has 0 aliphatic carbocycles. The highest BCUT2D eigenvalue weighted by Crippen LogP contribution is 2.10. The number of hydrogen-bond acceptors (Lipinski definition) is 3. The zero-order valence-corrected chi connectivity index (χ0v) is 12.5. The molecule has 1 fully saturated rings. The number of aryl methyl sites for hydroxylation is 2. The summed E-state index contributed by atoms with van der Waals surface area (Å²) in [6.45, 7) is 9.88. The topological polar surface area (TPSA) is 27.3 Å². The summed E-state index contributed by atoms with van der Waals surface area (Å²) in [4.78, 5) is 2.41. The van der Waals surface area contributed by atoms with Crippen molar-refractivity contribution in [2.24, 2.45) is 0 Å². The predicted molar refractivity (Wildman–Crippen MR) is 81.5 cm³/mol. The third kappa shape index (κ3) is 4.60. The van der Waals surface area contributed by atoms with E-state index in [0.717, 1.165) is 19.6 Å². The van der Waals surface area contributed by atoms with E-state index in [1.54, 1.807) is 0 Å². The highest BCUT2D eigenvalue weighted by Gasteiger charge is 2.15. The van der Waals surface area contributed by atoms with Crippen LogP contribution in [0.2, 0.25) is 0 Å². The van der Waals surface area contributed by atoms with Crippen molar-refractivity contribution in [2.45, 2.75) is 32.9 Å². The summed E-state index contributed by atoms with van der Waals surface area (Å²) in [5, 5.41) is 7.16. The molecule has 0 radical (unpaired) electrons. The average molecular weight is 261 g/mol. The Balaban J connectivity index is 1.70. The Kier molecular flexibility index (Phi) is 5.37. The van der Waals surface area contributed by atoms with E-state index in [-0.39, 0.29) is 0 Å². The van der Waals surface area contributed by atoms with Crippen LogP contribution in [0.3, 0.4) is 0 Å². The fraction of sp³-hybridized carbons (Fsp3) is 0.625. The zero-order chi connectivity index (χ0) is 13.7. The van der Waals surface area contributed by atoms with Crippen molar-refractivity contribution in [3.63, 3.8) is 0 Å². The lowest BCUT2D eigenvalue weighted by molar-refractivity contribution is 0.231. The maximum Gasteiger partial charge on any atom is 0.0208 e. The average Bonchev–Trinajstić information content (AvgIpc) is 2.39. The fourth-order valence-corrected chi connectivity index (χ4v) is 2.67. The summed E-state index contributed by atoms with van der Waals surface area (Å²) in [6.07, 6.45) is 1.20. The molecule has 1 heterocycles. The molecule has 0 amide bonds. The Hall–Kier alpha value is -0.900. The molecule has 106 valence electrons. The number of piperazine rings is 1. The number of rotatable bonds is 5. The Morgan fingerprint density at radius 1 is 1.37 bits per heavy atom. The van der Waals surface area contributed by atoms with Crippen LogP contribution in [0.5, 0.6) is 0 Å². The molecule has 0 bridgehead atoms. The monoisotopic (exact) mass is 261 g/mol. The quantitative estimate of drug-likeness (QED) is 0.790. The molecule has 1 saturated heterocycles. The van der Waals surface area contributed by atoms with Crippen molar-refractivity contribution in [3.8, 4) is 0 Å². The Morgan fingerprint density at radius 3 is 3.00 bits per heavy atom. The van der Waals surface area contributed by atoms with E-state index in [2.05, 4.69) is 54.6 Å². The van der Waals surface area contributed by atoms with Gasteiger partial charge in [0, 0.05) is 32.2 Å². The van der Waals surface area contributed by atoms with Gasteiger partial charge in [0.25, 0.3) is 0 Å². The molecular formula is C16H27N3. The summed E-state index contributed by atoms with van der Waals surface area (Å²) >= 11 is 0. The van der Waals surface area contributed by atoms with E-state index in [0.29, 0.717) is 6.04 Å². The SMILES string of the molecule is Cc1ccc(C)c(CNCCC2CN(C)CCN2)c1. The lowest BCUT2D eigenvalue weighted by Gasteiger charge is -2.31. The van der Waals surface area contributed by atoms with Gasteiger partial charge < -0.3 is 15.5 Å². The van der Waals surface area contributed by atoms with E-state index in [1.807, 2.05) is 0 Å². The summed E-state index contributed by atoms with van der Waals surface area (Å²) < 4.78 is 0. The van der Waals surface area contributed by atoms with Crippen molar-refractivity contribution in [2.75, 3.05) is 33.2 Å². The van der Waals surface area contributed by atoms with Crippen molar-refractivity contribution in [3.05, 3.63) is 34.9 Å². The standard InChI is InChI=1S/C16H27N3/c1-13-4-5-14(2)15(10-13)11-17-7-6-16-12-19(3)9-8-18-16/h4-5,10,16-18H,6-9,11-12H2,1-3H3. The minimum atomic E-state index is 0.643. The predicted octanol–water partition coefficient (Wildman–Crippen LogP) is 1.69. The van der Waals surface area contributed by atoms with Gasteiger partial charge in [-0.05, 0) is 45.0 Å². The highest BCUT2D eigenvalue weighted by molar-refractivity contribution is 5.30. The van der Waals surface area contributed by atoms with E-state index >= 15 is 0 Å². The molecule has 1 atom stereocenters. The molecule has 3 heteroatoms. The molecule has 0 saturated carbocycles. The number of benzene rings is 1.